The molecule has 2 atom stereocenters. The lowest BCUT2D eigenvalue weighted by atomic mass is 9.79. The lowest BCUT2D eigenvalue weighted by Crippen LogP contribution is -2.62. The van der Waals surface area contributed by atoms with E-state index in [1.165, 1.54) is 25.9 Å². The number of amides is 1. The molecular formula is C19H23N3OS. The molecule has 3 fully saturated rings. The van der Waals surface area contributed by atoms with Crippen LogP contribution in [0.2, 0.25) is 0 Å². The number of nitrogens with zero attached hydrogens (tertiary/aromatic N) is 2. The Morgan fingerprint density at radius 3 is 2.71 bits per heavy atom. The second-order valence-corrected chi connectivity index (χ2v) is 8.05. The molecule has 3 saturated heterocycles. The first kappa shape index (κ1) is 15.8. The zero-order valence-corrected chi connectivity index (χ0v) is 15.0. The molecule has 126 valence electrons. The van der Waals surface area contributed by atoms with Gasteiger partial charge in [-0.1, -0.05) is 6.07 Å². The van der Waals surface area contributed by atoms with Crippen LogP contribution < -0.4 is 5.32 Å². The van der Waals surface area contributed by atoms with E-state index in [2.05, 4.69) is 28.2 Å². The Labute approximate surface area is 146 Å². The maximum Gasteiger partial charge on any atom is 0.261 e. The van der Waals surface area contributed by atoms with Crippen molar-refractivity contribution in [2.75, 3.05) is 13.1 Å². The van der Waals surface area contributed by atoms with E-state index in [9.17, 15) is 4.79 Å². The summed E-state index contributed by atoms with van der Waals surface area (Å²) >= 11 is 1.54. The SMILES string of the molecule is Cc1ccc(-c2ccc(C(=O)NC3C4CCN(CC4)C3C)s2)cn1. The minimum Gasteiger partial charge on any atom is -0.347 e. The van der Waals surface area contributed by atoms with Gasteiger partial charge in [0.15, 0.2) is 0 Å². The zero-order valence-electron chi connectivity index (χ0n) is 14.2. The van der Waals surface area contributed by atoms with E-state index in [-0.39, 0.29) is 11.9 Å². The summed E-state index contributed by atoms with van der Waals surface area (Å²) in [6.45, 7) is 6.59. The van der Waals surface area contributed by atoms with Crippen molar-refractivity contribution in [1.29, 1.82) is 0 Å². The Balaban J connectivity index is 1.48. The molecule has 5 rings (SSSR count). The molecule has 5 heterocycles. The molecule has 5 heteroatoms. The molecule has 0 radical (unpaired) electrons. The summed E-state index contributed by atoms with van der Waals surface area (Å²) in [4.78, 5) is 21.4. The van der Waals surface area contributed by atoms with Gasteiger partial charge in [0.05, 0.1) is 4.88 Å². The lowest BCUT2D eigenvalue weighted by molar-refractivity contribution is 0.0218. The molecule has 4 nitrogen and oxygen atoms in total. The first-order valence-electron chi connectivity index (χ1n) is 8.69. The van der Waals surface area contributed by atoms with Crippen LogP contribution in [0.4, 0.5) is 0 Å². The predicted molar refractivity (Wildman–Crippen MR) is 97.3 cm³/mol. The quantitative estimate of drug-likeness (QED) is 0.931. The number of fused-ring (bicyclic) bond motifs is 3. The summed E-state index contributed by atoms with van der Waals surface area (Å²) in [5, 5.41) is 3.30. The highest BCUT2D eigenvalue weighted by atomic mass is 32.1. The largest absolute Gasteiger partial charge is 0.347 e. The second-order valence-electron chi connectivity index (χ2n) is 6.97. The summed E-state index contributed by atoms with van der Waals surface area (Å²) in [5.41, 5.74) is 2.07. The molecule has 0 aromatic carbocycles. The normalized spacial score (nSPS) is 28.8. The van der Waals surface area contributed by atoms with Gasteiger partial charge in [-0.25, -0.2) is 0 Å². The highest BCUT2D eigenvalue weighted by molar-refractivity contribution is 7.17. The number of piperidine rings is 3. The smallest absolute Gasteiger partial charge is 0.261 e. The lowest BCUT2D eigenvalue weighted by Gasteiger charge is -2.49. The van der Waals surface area contributed by atoms with Gasteiger partial charge in [-0.2, -0.15) is 0 Å². The monoisotopic (exact) mass is 341 g/mol. The molecule has 1 N–H and O–H groups in total. The maximum absolute atomic E-state index is 12.7. The molecule has 2 aromatic heterocycles. The number of thiophene rings is 1. The molecule has 2 unspecified atom stereocenters. The van der Waals surface area contributed by atoms with Gasteiger partial charge in [-0.3, -0.25) is 14.7 Å². The van der Waals surface area contributed by atoms with Crippen LogP contribution in [-0.4, -0.2) is 41.0 Å². The van der Waals surface area contributed by atoms with Gasteiger partial charge in [-0.05, 0) is 63.9 Å². The Hall–Kier alpha value is -1.72. The van der Waals surface area contributed by atoms with E-state index in [1.807, 2.05) is 31.3 Å². The Morgan fingerprint density at radius 2 is 2.04 bits per heavy atom. The Morgan fingerprint density at radius 1 is 1.25 bits per heavy atom. The molecule has 1 amide bonds. The first-order chi connectivity index (χ1) is 11.6. The molecule has 2 aromatic rings. The molecule has 2 bridgehead atoms. The van der Waals surface area contributed by atoms with Crippen molar-refractivity contribution in [3.63, 3.8) is 0 Å². The molecule has 0 saturated carbocycles. The fourth-order valence-electron chi connectivity index (χ4n) is 4.00. The van der Waals surface area contributed by atoms with Gasteiger partial charge in [0.2, 0.25) is 0 Å². The van der Waals surface area contributed by atoms with Crippen LogP contribution in [-0.2, 0) is 0 Å². The molecule has 0 spiro atoms. The van der Waals surface area contributed by atoms with Gasteiger partial charge in [0, 0.05) is 34.4 Å². The number of hydrogen-bond donors (Lipinski definition) is 1. The second kappa shape index (κ2) is 6.30. The van der Waals surface area contributed by atoms with Crippen molar-refractivity contribution in [3.05, 3.63) is 41.0 Å². The van der Waals surface area contributed by atoms with E-state index < -0.39 is 0 Å². The topological polar surface area (TPSA) is 45.2 Å². The van der Waals surface area contributed by atoms with E-state index >= 15 is 0 Å². The van der Waals surface area contributed by atoms with Crippen molar-refractivity contribution in [2.45, 2.75) is 38.8 Å². The summed E-state index contributed by atoms with van der Waals surface area (Å²) in [6.07, 6.45) is 4.29. The predicted octanol–water partition coefficient (Wildman–Crippen LogP) is 3.33. The van der Waals surface area contributed by atoms with Crippen molar-refractivity contribution in [1.82, 2.24) is 15.2 Å². The highest BCUT2D eigenvalue weighted by Gasteiger charge is 2.40. The van der Waals surface area contributed by atoms with Crippen molar-refractivity contribution in [2.24, 2.45) is 5.92 Å². The van der Waals surface area contributed by atoms with E-state index in [1.54, 1.807) is 11.3 Å². The molecular weight excluding hydrogens is 318 g/mol. The average molecular weight is 341 g/mol. The number of hydrogen-bond acceptors (Lipinski definition) is 4. The molecule has 24 heavy (non-hydrogen) atoms. The minimum atomic E-state index is 0.0666. The highest BCUT2D eigenvalue weighted by Crippen LogP contribution is 2.33. The van der Waals surface area contributed by atoms with Crippen LogP contribution >= 0.6 is 11.3 Å². The number of aryl methyl sites for hydroxylation is 1. The fraction of sp³-hybridized carbons (Fsp3) is 0.474. The van der Waals surface area contributed by atoms with Crippen LogP contribution in [0.15, 0.2) is 30.5 Å². The maximum atomic E-state index is 12.7. The van der Waals surface area contributed by atoms with Crippen LogP contribution in [0.1, 0.15) is 35.1 Å². The van der Waals surface area contributed by atoms with Gasteiger partial charge < -0.3 is 5.32 Å². The van der Waals surface area contributed by atoms with Gasteiger partial charge in [-0.15, -0.1) is 11.3 Å². The minimum absolute atomic E-state index is 0.0666. The number of rotatable bonds is 3. The third kappa shape index (κ3) is 2.87. The Bertz CT molecular complexity index is 729. The van der Waals surface area contributed by atoms with Crippen molar-refractivity contribution < 1.29 is 4.79 Å². The first-order valence-corrected chi connectivity index (χ1v) is 9.51. The third-order valence-corrected chi connectivity index (χ3v) is 6.63. The van der Waals surface area contributed by atoms with Crippen molar-refractivity contribution >= 4 is 17.2 Å². The van der Waals surface area contributed by atoms with Crippen LogP contribution in [0.3, 0.4) is 0 Å². The van der Waals surface area contributed by atoms with Crippen LogP contribution in [0, 0.1) is 12.8 Å². The molecule has 3 aliphatic heterocycles. The van der Waals surface area contributed by atoms with E-state index in [0.29, 0.717) is 12.0 Å². The summed E-state index contributed by atoms with van der Waals surface area (Å²) in [5.74, 6) is 0.701. The standard InChI is InChI=1S/C19H23N3OS/c1-12-3-4-15(11-20-12)16-5-6-17(24-16)19(23)21-18-13(2)22-9-7-14(18)8-10-22/h3-6,11,13-14,18H,7-10H2,1-2H3,(H,21,23). The number of nitrogens with one attached hydrogen (secondary N) is 1. The summed E-state index contributed by atoms with van der Waals surface area (Å²) in [7, 11) is 0. The van der Waals surface area contributed by atoms with Crippen molar-refractivity contribution in [3.8, 4) is 10.4 Å². The molecule has 3 aliphatic rings. The number of carbonyl (C=O) groups excluding carboxylic acids is 1. The van der Waals surface area contributed by atoms with Gasteiger partial charge in [0.25, 0.3) is 5.91 Å². The summed E-state index contributed by atoms with van der Waals surface area (Å²) in [6, 6.07) is 8.75. The van der Waals surface area contributed by atoms with Gasteiger partial charge in [0.1, 0.15) is 0 Å². The van der Waals surface area contributed by atoms with E-state index in [0.717, 1.165) is 21.0 Å². The number of aromatic nitrogens is 1. The van der Waals surface area contributed by atoms with Gasteiger partial charge >= 0.3 is 0 Å². The average Bonchev–Trinajstić information content (AvgIpc) is 3.09. The molecule has 0 aliphatic carbocycles. The van der Waals surface area contributed by atoms with E-state index in [4.69, 9.17) is 0 Å². The van der Waals surface area contributed by atoms with Crippen LogP contribution in [0.25, 0.3) is 10.4 Å². The summed E-state index contributed by atoms with van der Waals surface area (Å²) < 4.78 is 0. The van der Waals surface area contributed by atoms with Crippen LogP contribution in [0.5, 0.6) is 0 Å². The fourth-order valence-corrected chi connectivity index (χ4v) is 4.90. The third-order valence-electron chi connectivity index (χ3n) is 5.50. The Kier molecular flexibility index (Phi) is 4.14. The number of carbonyl (C=O) groups is 1. The number of pyridine rings is 1. The zero-order chi connectivity index (χ0) is 16.7.